The zero-order valence-electron chi connectivity index (χ0n) is 27.1. The molecule has 0 N–H and O–H groups in total. The second kappa shape index (κ2) is 10.4. The van der Waals surface area contributed by atoms with Crippen LogP contribution in [0.4, 0.5) is 0 Å². The number of likely N-dealkylation sites (tertiary alicyclic amines) is 1. The van der Waals surface area contributed by atoms with Gasteiger partial charge in [-0.2, -0.15) is 5.10 Å². The number of carbonyl (C=O) groups is 1. The summed E-state index contributed by atoms with van der Waals surface area (Å²) < 4.78 is 17.9. The molecule has 10 heteroatoms. The van der Waals surface area contributed by atoms with Gasteiger partial charge in [-0.3, -0.25) is 4.79 Å². The average molecular weight is 640 g/mol. The van der Waals surface area contributed by atoms with E-state index in [0.717, 1.165) is 59.2 Å². The highest BCUT2D eigenvalue weighted by molar-refractivity contribution is 6.00. The van der Waals surface area contributed by atoms with Crippen molar-refractivity contribution in [3.05, 3.63) is 84.3 Å². The van der Waals surface area contributed by atoms with E-state index in [0.29, 0.717) is 47.5 Å². The van der Waals surface area contributed by atoms with Crippen LogP contribution in [0.25, 0.3) is 39.1 Å². The molecule has 6 aromatic rings. The van der Waals surface area contributed by atoms with E-state index in [-0.39, 0.29) is 5.91 Å². The predicted octanol–water partition coefficient (Wildman–Crippen LogP) is 6.19. The number of aromatic nitrogens is 6. The van der Waals surface area contributed by atoms with Crippen molar-refractivity contribution in [2.45, 2.75) is 44.8 Å². The number of hydrogen-bond donors (Lipinski definition) is 0. The number of ether oxygens (including phenoxy) is 2. The normalized spacial score (nSPS) is 22.5. The highest BCUT2D eigenvalue weighted by Crippen LogP contribution is 2.60. The molecule has 1 saturated heterocycles. The standard InChI is InChI=1S/C38H37N7O3/c1-47-33-15-26(38(46)43-21-27-11-25-14-31(43)35(25)27)12-29-36(33)44(19-23-17-40-45(20-23)28-9-10-39-34(16-28)48-2)37(41-29)32-13-24-5-3-4-6-30(24)42(32)18-22-7-8-22/h3-6,9-10,12-13,15-17,20,22,25,27,31,35H,7-8,11,14,18-19,21H2,1-2H3/t25?,27?,31?,35-/m1/s1. The van der Waals surface area contributed by atoms with Crippen LogP contribution in [0.15, 0.2) is 73.2 Å². The molecule has 1 aliphatic heterocycles. The van der Waals surface area contributed by atoms with E-state index in [1.807, 2.05) is 41.3 Å². The van der Waals surface area contributed by atoms with Crippen molar-refractivity contribution < 1.29 is 14.3 Å². The summed E-state index contributed by atoms with van der Waals surface area (Å²) in [5, 5.41) is 5.88. The van der Waals surface area contributed by atoms with Crippen molar-refractivity contribution in [3.8, 4) is 28.8 Å². The number of fused-ring (bicyclic) bond motifs is 2. The summed E-state index contributed by atoms with van der Waals surface area (Å²) in [6, 6.07) is 18.9. The van der Waals surface area contributed by atoms with Crippen LogP contribution in [0.2, 0.25) is 0 Å². The Balaban J connectivity index is 1.11. The Kier molecular flexibility index (Phi) is 6.08. The fourth-order valence-electron chi connectivity index (χ4n) is 8.79. The van der Waals surface area contributed by atoms with Gasteiger partial charge in [-0.25, -0.2) is 14.6 Å². The number of para-hydroxylation sites is 1. The Bertz CT molecular complexity index is 2240. The summed E-state index contributed by atoms with van der Waals surface area (Å²) in [6.07, 6.45) is 10.6. The van der Waals surface area contributed by atoms with Crippen LogP contribution in [-0.2, 0) is 13.1 Å². The van der Waals surface area contributed by atoms with Gasteiger partial charge in [0.15, 0.2) is 5.82 Å². The quantitative estimate of drug-likeness (QED) is 0.187. The van der Waals surface area contributed by atoms with Gasteiger partial charge in [0.25, 0.3) is 5.91 Å². The smallest absolute Gasteiger partial charge is 0.254 e. The third-order valence-corrected chi connectivity index (χ3v) is 11.4. The highest BCUT2D eigenvalue weighted by Gasteiger charge is 2.61. The van der Waals surface area contributed by atoms with Crippen LogP contribution < -0.4 is 9.47 Å². The van der Waals surface area contributed by atoms with Crippen molar-refractivity contribution in [3.63, 3.8) is 0 Å². The lowest BCUT2D eigenvalue weighted by Crippen LogP contribution is -2.53. The molecule has 48 heavy (non-hydrogen) atoms. The van der Waals surface area contributed by atoms with Crippen LogP contribution in [0.5, 0.6) is 11.6 Å². The van der Waals surface area contributed by atoms with Gasteiger partial charge in [0, 0.05) is 59.6 Å². The van der Waals surface area contributed by atoms with Gasteiger partial charge < -0.3 is 23.5 Å². The van der Waals surface area contributed by atoms with E-state index in [9.17, 15) is 4.79 Å². The molecule has 4 aromatic heterocycles. The minimum absolute atomic E-state index is 0.0982. The fourth-order valence-corrected chi connectivity index (χ4v) is 8.79. The summed E-state index contributed by atoms with van der Waals surface area (Å²) in [6.45, 7) is 2.34. The molecule has 10 rings (SSSR count). The number of methoxy groups -OCH3 is 2. The number of rotatable bonds is 9. The molecule has 2 aromatic carbocycles. The Morgan fingerprint density at radius 1 is 0.979 bits per heavy atom. The first-order valence-electron chi connectivity index (χ1n) is 17.1. The van der Waals surface area contributed by atoms with Gasteiger partial charge in [0.1, 0.15) is 11.3 Å². The molecule has 0 spiro atoms. The van der Waals surface area contributed by atoms with Gasteiger partial charge in [-0.15, -0.1) is 0 Å². The van der Waals surface area contributed by atoms with Crippen molar-refractivity contribution in [1.29, 1.82) is 0 Å². The summed E-state index contributed by atoms with van der Waals surface area (Å²) in [5.74, 6) is 5.04. The molecule has 242 valence electrons. The zero-order valence-corrected chi connectivity index (χ0v) is 27.1. The van der Waals surface area contributed by atoms with Gasteiger partial charge in [0.2, 0.25) is 5.88 Å². The van der Waals surface area contributed by atoms with Crippen LogP contribution >= 0.6 is 0 Å². The highest BCUT2D eigenvalue weighted by atomic mass is 16.5. The van der Waals surface area contributed by atoms with Gasteiger partial charge in [-0.1, -0.05) is 18.2 Å². The minimum Gasteiger partial charge on any atom is -0.494 e. The first kappa shape index (κ1) is 27.9. The van der Waals surface area contributed by atoms with Gasteiger partial charge in [0.05, 0.1) is 43.9 Å². The van der Waals surface area contributed by atoms with E-state index >= 15 is 0 Å². The largest absolute Gasteiger partial charge is 0.494 e. The number of hydrogen-bond acceptors (Lipinski definition) is 6. The maximum Gasteiger partial charge on any atom is 0.254 e. The van der Waals surface area contributed by atoms with Crippen LogP contribution in [-0.4, -0.2) is 66.5 Å². The number of nitrogens with zero attached hydrogens (tertiary/aromatic N) is 7. The molecule has 0 bridgehead atoms. The van der Waals surface area contributed by atoms with E-state index < -0.39 is 0 Å². The van der Waals surface area contributed by atoms with Crippen molar-refractivity contribution in [2.75, 3.05) is 20.8 Å². The molecule has 5 heterocycles. The molecule has 3 unspecified atom stereocenters. The second-order valence-electron chi connectivity index (χ2n) is 14.2. The maximum atomic E-state index is 14.1. The van der Waals surface area contributed by atoms with Crippen LogP contribution in [0.1, 0.15) is 41.6 Å². The number of imidazole rings is 1. The van der Waals surface area contributed by atoms with Crippen molar-refractivity contribution in [1.82, 2.24) is 33.8 Å². The van der Waals surface area contributed by atoms with Crippen LogP contribution in [0.3, 0.4) is 0 Å². The molecule has 4 fully saturated rings. The van der Waals surface area contributed by atoms with Crippen molar-refractivity contribution in [2.24, 2.45) is 23.7 Å². The second-order valence-corrected chi connectivity index (χ2v) is 14.2. The molecule has 0 radical (unpaired) electrons. The van der Waals surface area contributed by atoms with E-state index in [2.05, 4.69) is 54.4 Å². The topological polar surface area (TPSA) is 92.2 Å². The Morgan fingerprint density at radius 2 is 1.88 bits per heavy atom. The summed E-state index contributed by atoms with van der Waals surface area (Å²) >= 11 is 0. The van der Waals surface area contributed by atoms with E-state index in [1.54, 1.807) is 20.4 Å². The molecule has 10 nitrogen and oxygen atoms in total. The van der Waals surface area contributed by atoms with Crippen molar-refractivity contribution >= 4 is 27.8 Å². The molecule has 3 aliphatic carbocycles. The maximum absolute atomic E-state index is 14.1. The monoisotopic (exact) mass is 639 g/mol. The lowest BCUT2D eigenvalue weighted by Gasteiger charge is -2.52. The molecule has 3 saturated carbocycles. The number of carbonyl (C=O) groups excluding carboxylic acids is 1. The van der Waals surface area contributed by atoms with Gasteiger partial charge >= 0.3 is 0 Å². The molecule has 4 aliphatic rings. The Morgan fingerprint density at radius 3 is 2.69 bits per heavy atom. The third kappa shape index (κ3) is 4.24. The zero-order chi connectivity index (χ0) is 32.1. The Hall–Kier alpha value is -5.12. The molecular weight excluding hydrogens is 602 g/mol. The number of pyridine rings is 1. The average Bonchev–Trinajstić information content (AvgIpc) is 3.50. The Labute approximate surface area is 277 Å². The van der Waals surface area contributed by atoms with E-state index in [1.165, 1.54) is 30.2 Å². The third-order valence-electron chi connectivity index (χ3n) is 11.4. The fraction of sp³-hybridized carbons (Fsp3) is 0.368. The van der Waals surface area contributed by atoms with E-state index in [4.69, 9.17) is 14.5 Å². The number of amides is 1. The number of benzene rings is 2. The molecule has 1 amide bonds. The first-order chi connectivity index (χ1) is 23.6. The predicted molar refractivity (Wildman–Crippen MR) is 181 cm³/mol. The minimum atomic E-state index is 0.0982. The summed E-state index contributed by atoms with van der Waals surface area (Å²) in [4.78, 5) is 25.8. The lowest BCUT2D eigenvalue weighted by atomic mass is 9.53. The molecular formula is C38H37N7O3. The van der Waals surface area contributed by atoms with Gasteiger partial charge in [-0.05, 0) is 79.7 Å². The first-order valence-corrected chi connectivity index (χ1v) is 17.1. The van der Waals surface area contributed by atoms with Crippen LogP contribution in [0, 0.1) is 23.7 Å². The SMILES string of the molecule is COc1cc(-n2cc(Cn3c(-c4cc5ccccc5n4CC4CC4)nc4cc(C(=O)N5CC6CC7CC5[C@H]76)cc(OC)c43)cn2)ccn1. The lowest BCUT2D eigenvalue weighted by molar-refractivity contribution is -0.0204. The molecule has 4 atom stereocenters. The summed E-state index contributed by atoms with van der Waals surface area (Å²) in [5.41, 5.74) is 6.43. The summed E-state index contributed by atoms with van der Waals surface area (Å²) in [7, 11) is 3.30.